The van der Waals surface area contributed by atoms with E-state index in [-0.39, 0.29) is 0 Å². The summed E-state index contributed by atoms with van der Waals surface area (Å²) in [6, 6.07) is 27.0. The Kier molecular flexibility index (Phi) is 8.47. The van der Waals surface area contributed by atoms with Gasteiger partial charge in [-0.1, -0.05) is 63.2 Å². The SMILES string of the molecule is CCc1cc(-c2c(CC)cccc2CC)nc(-c2ccc(OC)cc2)c1CN(C)[C@H]1CCCc2ccccc21. The fourth-order valence-corrected chi connectivity index (χ4v) is 6.35. The van der Waals surface area contributed by atoms with Gasteiger partial charge in [0.15, 0.2) is 0 Å². The highest BCUT2D eigenvalue weighted by Gasteiger charge is 2.26. The van der Waals surface area contributed by atoms with E-state index in [0.717, 1.165) is 48.5 Å². The zero-order valence-corrected chi connectivity index (χ0v) is 24.3. The molecule has 39 heavy (non-hydrogen) atoms. The molecule has 0 bridgehead atoms. The second-order valence-electron chi connectivity index (χ2n) is 10.8. The van der Waals surface area contributed by atoms with E-state index in [1.165, 1.54) is 58.2 Å². The molecule has 5 rings (SSSR count). The van der Waals surface area contributed by atoms with E-state index in [0.29, 0.717) is 6.04 Å². The molecule has 0 amide bonds. The maximum atomic E-state index is 5.48. The van der Waals surface area contributed by atoms with Gasteiger partial charge in [0.1, 0.15) is 5.75 Å². The van der Waals surface area contributed by atoms with Crippen molar-refractivity contribution in [2.24, 2.45) is 0 Å². The summed E-state index contributed by atoms with van der Waals surface area (Å²) in [4.78, 5) is 8.02. The molecular weight excluding hydrogens is 476 g/mol. The van der Waals surface area contributed by atoms with Gasteiger partial charge in [0.05, 0.1) is 18.5 Å². The van der Waals surface area contributed by atoms with E-state index in [2.05, 4.69) is 106 Å². The number of hydrogen-bond acceptors (Lipinski definition) is 3. The van der Waals surface area contributed by atoms with Crippen molar-refractivity contribution < 1.29 is 4.74 Å². The van der Waals surface area contributed by atoms with E-state index in [4.69, 9.17) is 9.72 Å². The normalized spacial score (nSPS) is 14.9. The number of nitrogens with zero attached hydrogens (tertiary/aromatic N) is 2. The van der Waals surface area contributed by atoms with E-state index in [1.807, 2.05) is 0 Å². The van der Waals surface area contributed by atoms with Gasteiger partial charge in [-0.3, -0.25) is 4.90 Å². The van der Waals surface area contributed by atoms with Crippen LogP contribution in [0.25, 0.3) is 22.5 Å². The average Bonchev–Trinajstić information content (AvgIpc) is 3.00. The van der Waals surface area contributed by atoms with Gasteiger partial charge >= 0.3 is 0 Å². The topological polar surface area (TPSA) is 25.4 Å². The van der Waals surface area contributed by atoms with Gasteiger partial charge in [0, 0.05) is 23.7 Å². The highest BCUT2D eigenvalue weighted by molar-refractivity contribution is 5.74. The Morgan fingerprint density at radius 2 is 1.54 bits per heavy atom. The van der Waals surface area contributed by atoms with Gasteiger partial charge in [-0.25, -0.2) is 4.98 Å². The molecular formula is C36H42N2O. The summed E-state index contributed by atoms with van der Waals surface area (Å²) in [5.74, 6) is 0.868. The minimum atomic E-state index is 0.426. The van der Waals surface area contributed by atoms with Gasteiger partial charge < -0.3 is 4.74 Å². The molecule has 3 nitrogen and oxygen atoms in total. The largest absolute Gasteiger partial charge is 0.497 e. The summed E-state index contributed by atoms with van der Waals surface area (Å²) in [6.45, 7) is 7.64. The third-order valence-electron chi connectivity index (χ3n) is 8.49. The van der Waals surface area contributed by atoms with E-state index in [1.54, 1.807) is 7.11 Å². The number of fused-ring (bicyclic) bond motifs is 1. The van der Waals surface area contributed by atoms with Crippen molar-refractivity contribution in [1.29, 1.82) is 0 Å². The van der Waals surface area contributed by atoms with Crippen LogP contribution in [0.2, 0.25) is 0 Å². The summed E-state index contributed by atoms with van der Waals surface area (Å²) in [7, 11) is 4.01. The van der Waals surface area contributed by atoms with Crippen LogP contribution in [0.1, 0.15) is 73.0 Å². The van der Waals surface area contributed by atoms with Crippen molar-refractivity contribution >= 4 is 0 Å². The fourth-order valence-electron chi connectivity index (χ4n) is 6.35. The number of pyridine rings is 1. The van der Waals surface area contributed by atoms with Crippen LogP contribution in [0.15, 0.2) is 72.8 Å². The summed E-state index contributed by atoms with van der Waals surface area (Å²) in [6.07, 6.45) is 6.58. The summed E-state index contributed by atoms with van der Waals surface area (Å²) in [5, 5.41) is 0. The van der Waals surface area contributed by atoms with Crippen molar-refractivity contribution in [2.45, 2.75) is 71.9 Å². The lowest BCUT2D eigenvalue weighted by Gasteiger charge is -2.34. The van der Waals surface area contributed by atoms with Crippen LogP contribution in [-0.4, -0.2) is 24.0 Å². The van der Waals surface area contributed by atoms with Crippen molar-refractivity contribution in [3.63, 3.8) is 0 Å². The monoisotopic (exact) mass is 518 g/mol. The molecule has 0 saturated heterocycles. The van der Waals surface area contributed by atoms with Gasteiger partial charge in [0.2, 0.25) is 0 Å². The molecule has 0 fully saturated rings. The second kappa shape index (κ2) is 12.2. The first-order chi connectivity index (χ1) is 19.1. The predicted octanol–water partition coefficient (Wildman–Crippen LogP) is 8.62. The number of methoxy groups -OCH3 is 1. The van der Waals surface area contributed by atoms with Crippen LogP contribution in [0.3, 0.4) is 0 Å². The Labute approximate surface area is 234 Å². The van der Waals surface area contributed by atoms with Crippen LogP contribution in [-0.2, 0) is 32.2 Å². The van der Waals surface area contributed by atoms with Crippen LogP contribution in [0, 0.1) is 0 Å². The molecule has 1 aliphatic rings. The van der Waals surface area contributed by atoms with Crippen molar-refractivity contribution in [2.75, 3.05) is 14.2 Å². The van der Waals surface area contributed by atoms with Crippen molar-refractivity contribution in [3.8, 4) is 28.3 Å². The lowest BCUT2D eigenvalue weighted by atomic mass is 9.86. The molecule has 1 aliphatic carbocycles. The molecule has 0 radical (unpaired) electrons. The number of ether oxygens (including phenoxy) is 1. The fraction of sp³-hybridized carbons (Fsp3) is 0.361. The Morgan fingerprint density at radius 1 is 0.846 bits per heavy atom. The van der Waals surface area contributed by atoms with Gasteiger partial charge in [-0.05, 0) is 109 Å². The molecule has 0 unspecified atom stereocenters. The first-order valence-electron chi connectivity index (χ1n) is 14.6. The smallest absolute Gasteiger partial charge is 0.118 e. The van der Waals surface area contributed by atoms with Crippen LogP contribution >= 0.6 is 0 Å². The number of aryl methyl sites for hydroxylation is 4. The summed E-state index contributed by atoms with van der Waals surface area (Å²) in [5.41, 5.74) is 13.1. The van der Waals surface area contributed by atoms with Crippen LogP contribution < -0.4 is 4.74 Å². The zero-order chi connectivity index (χ0) is 27.4. The molecule has 0 aliphatic heterocycles. The highest BCUT2D eigenvalue weighted by Crippen LogP contribution is 2.38. The molecule has 3 heteroatoms. The first kappa shape index (κ1) is 27.1. The number of benzene rings is 3. The Balaban J connectivity index is 1.65. The predicted molar refractivity (Wildman–Crippen MR) is 163 cm³/mol. The quantitative estimate of drug-likeness (QED) is 0.222. The molecule has 0 saturated carbocycles. The molecule has 1 aromatic heterocycles. The second-order valence-corrected chi connectivity index (χ2v) is 10.8. The standard InChI is InChI=1S/C36H42N2O/c1-6-25-14-11-15-26(7-2)35(25)33-23-27(8-3)32(36(37-33)29-19-21-30(39-5)22-20-29)24-38(4)34-18-12-16-28-13-9-10-17-31(28)34/h9-11,13-15,17,19-23,34H,6-8,12,16,18,24H2,1-5H3/t34-/m0/s1. The Bertz CT molecular complexity index is 1400. The summed E-state index contributed by atoms with van der Waals surface area (Å²) >= 11 is 0. The highest BCUT2D eigenvalue weighted by atomic mass is 16.5. The lowest BCUT2D eigenvalue weighted by molar-refractivity contribution is 0.213. The third kappa shape index (κ3) is 5.51. The van der Waals surface area contributed by atoms with Crippen molar-refractivity contribution in [1.82, 2.24) is 9.88 Å². The zero-order valence-electron chi connectivity index (χ0n) is 24.3. The maximum Gasteiger partial charge on any atom is 0.118 e. The minimum absolute atomic E-state index is 0.426. The third-order valence-corrected chi connectivity index (χ3v) is 8.49. The average molecular weight is 519 g/mol. The van der Waals surface area contributed by atoms with E-state index in [9.17, 15) is 0 Å². The maximum absolute atomic E-state index is 5.48. The lowest BCUT2D eigenvalue weighted by Crippen LogP contribution is -2.28. The first-order valence-corrected chi connectivity index (χ1v) is 14.6. The number of rotatable bonds is 9. The van der Waals surface area contributed by atoms with Gasteiger partial charge in [0.25, 0.3) is 0 Å². The molecule has 3 aromatic carbocycles. The number of hydrogen-bond donors (Lipinski definition) is 0. The Morgan fingerprint density at radius 3 is 2.21 bits per heavy atom. The molecule has 1 heterocycles. The van der Waals surface area contributed by atoms with E-state index >= 15 is 0 Å². The Hall–Kier alpha value is -3.43. The molecule has 4 aromatic rings. The molecule has 202 valence electrons. The number of aromatic nitrogens is 1. The minimum Gasteiger partial charge on any atom is -0.497 e. The van der Waals surface area contributed by atoms with Crippen molar-refractivity contribution in [3.05, 3.63) is 106 Å². The molecule has 0 N–H and O–H groups in total. The summed E-state index contributed by atoms with van der Waals surface area (Å²) < 4.78 is 5.48. The van der Waals surface area contributed by atoms with Gasteiger partial charge in [-0.15, -0.1) is 0 Å². The van der Waals surface area contributed by atoms with E-state index < -0.39 is 0 Å². The van der Waals surface area contributed by atoms with Gasteiger partial charge in [-0.2, -0.15) is 0 Å². The van der Waals surface area contributed by atoms with Crippen LogP contribution in [0.5, 0.6) is 5.75 Å². The molecule has 0 spiro atoms. The molecule has 1 atom stereocenters. The van der Waals surface area contributed by atoms with Crippen LogP contribution in [0.4, 0.5) is 0 Å².